The van der Waals surface area contributed by atoms with Gasteiger partial charge in [-0.05, 0) is 37.5 Å². The maximum absolute atomic E-state index is 13.9. The number of hydrogen-bond donors (Lipinski definition) is 1. The smallest absolute Gasteiger partial charge is 0.229 e. The van der Waals surface area contributed by atoms with Gasteiger partial charge in [0, 0.05) is 18.2 Å². The van der Waals surface area contributed by atoms with Gasteiger partial charge < -0.3 is 9.84 Å². The lowest BCUT2D eigenvalue weighted by atomic mass is 10.1. The number of aromatic nitrogens is 2. The minimum Gasteiger partial charge on any atom is -0.339 e. The number of benzene rings is 1. The van der Waals surface area contributed by atoms with Gasteiger partial charge in [0.15, 0.2) is 15.7 Å². The van der Waals surface area contributed by atoms with E-state index in [1.54, 1.807) is 6.07 Å². The highest BCUT2D eigenvalue weighted by molar-refractivity contribution is 7.90. The molecule has 1 heterocycles. The summed E-state index contributed by atoms with van der Waals surface area (Å²) in [4.78, 5) is 4.02. The molecule has 0 amide bonds. The summed E-state index contributed by atoms with van der Waals surface area (Å²) in [6.45, 7) is 2.25. The zero-order valence-corrected chi connectivity index (χ0v) is 13.7. The molecule has 124 valence electrons. The van der Waals surface area contributed by atoms with Crippen molar-refractivity contribution in [3.8, 4) is 0 Å². The van der Waals surface area contributed by atoms with Gasteiger partial charge in [-0.1, -0.05) is 11.2 Å². The standard InChI is InChI=1S/C15H18FN3O3S/c1-9(11-5-6-13(12(16)7-11)23(2,20)21)17-8-14-18-15(22-19-14)10-3-4-10/h5-7,9-10,17H,3-4,8H2,1-2H3/t9-/m1/s1. The van der Waals surface area contributed by atoms with Crippen molar-refractivity contribution in [3.63, 3.8) is 0 Å². The lowest BCUT2D eigenvalue weighted by molar-refractivity contribution is 0.371. The van der Waals surface area contributed by atoms with E-state index in [0.29, 0.717) is 29.7 Å². The number of hydrogen-bond acceptors (Lipinski definition) is 6. The summed E-state index contributed by atoms with van der Waals surface area (Å²) in [5.74, 6) is 0.908. The Morgan fingerprint density at radius 3 is 2.78 bits per heavy atom. The second-order valence-corrected chi connectivity index (χ2v) is 7.87. The van der Waals surface area contributed by atoms with Gasteiger partial charge in [0.05, 0.1) is 6.54 Å². The van der Waals surface area contributed by atoms with Crippen LogP contribution in [0.25, 0.3) is 0 Å². The van der Waals surface area contributed by atoms with E-state index in [4.69, 9.17) is 4.52 Å². The molecular weight excluding hydrogens is 321 g/mol. The van der Waals surface area contributed by atoms with Crippen LogP contribution < -0.4 is 5.32 Å². The van der Waals surface area contributed by atoms with E-state index in [9.17, 15) is 12.8 Å². The third-order valence-electron chi connectivity index (χ3n) is 3.83. The van der Waals surface area contributed by atoms with Crippen LogP contribution in [0.15, 0.2) is 27.6 Å². The molecular formula is C15H18FN3O3S. The molecule has 1 saturated carbocycles. The van der Waals surface area contributed by atoms with Crippen LogP contribution >= 0.6 is 0 Å². The molecule has 0 bridgehead atoms. The summed E-state index contributed by atoms with van der Waals surface area (Å²) in [6.07, 6.45) is 3.18. The van der Waals surface area contributed by atoms with Crippen LogP contribution in [0, 0.1) is 5.82 Å². The molecule has 0 spiro atoms. The van der Waals surface area contributed by atoms with Gasteiger partial charge in [0.1, 0.15) is 10.7 Å². The molecule has 23 heavy (non-hydrogen) atoms. The first-order chi connectivity index (χ1) is 10.8. The molecule has 2 aromatic rings. The van der Waals surface area contributed by atoms with Crippen molar-refractivity contribution in [2.24, 2.45) is 0 Å². The summed E-state index contributed by atoms with van der Waals surface area (Å²) in [5, 5.41) is 7.08. The Bertz CT molecular complexity index is 815. The fourth-order valence-electron chi connectivity index (χ4n) is 2.28. The Labute approximate surface area is 134 Å². The Hall–Kier alpha value is -1.80. The highest BCUT2D eigenvalue weighted by atomic mass is 32.2. The molecule has 1 aromatic carbocycles. The van der Waals surface area contributed by atoms with Gasteiger partial charge in [0.2, 0.25) is 5.89 Å². The van der Waals surface area contributed by atoms with E-state index >= 15 is 0 Å². The molecule has 0 aliphatic heterocycles. The first kappa shape index (κ1) is 16.1. The summed E-state index contributed by atoms with van der Waals surface area (Å²) >= 11 is 0. The molecule has 1 fully saturated rings. The van der Waals surface area contributed by atoms with Crippen molar-refractivity contribution in [1.82, 2.24) is 15.5 Å². The molecule has 1 aliphatic rings. The van der Waals surface area contributed by atoms with E-state index in [1.807, 2.05) is 6.92 Å². The highest BCUT2D eigenvalue weighted by Gasteiger charge is 2.29. The topological polar surface area (TPSA) is 85.1 Å². The van der Waals surface area contributed by atoms with E-state index in [-0.39, 0.29) is 10.9 Å². The predicted octanol–water partition coefficient (Wildman–Crippen LogP) is 2.34. The number of sulfone groups is 1. The third kappa shape index (κ3) is 3.76. The van der Waals surface area contributed by atoms with E-state index in [1.165, 1.54) is 12.1 Å². The van der Waals surface area contributed by atoms with Gasteiger partial charge in [-0.15, -0.1) is 0 Å². The third-order valence-corrected chi connectivity index (χ3v) is 4.96. The van der Waals surface area contributed by atoms with Crippen molar-refractivity contribution >= 4 is 9.84 Å². The number of nitrogens with zero attached hydrogens (tertiary/aromatic N) is 2. The van der Waals surface area contributed by atoms with Crippen LogP contribution in [0.5, 0.6) is 0 Å². The summed E-state index contributed by atoms with van der Waals surface area (Å²) in [7, 11) is -3.56. The quantitative estimate of drug-likeness (QED) is 0.869. The van der Waals surface area contributed by atoms with Crippen LogP contribution in [0.3, 0.4) is 0 Å². The van der Waals surface area contributed by atoms with Gasteiger partial charge in [-0.3, -0.25) is 0 Å². The van der Waals surface area contributed by atoms with Crippen LogP contribution in [-0.4, -0.2) is 24.8 Å². The molecule has 3 rings (SSSR count). The van der Waals surface area contributed by atoms with Crippen molar-refractivity contribution in [2.45, 2.75) is 43.2 Å². The molecule has 1 aromatic heterocycles. The number of rotatable bonds is 6. The first-order valence-electron chi connectivity index (χ1n) is 7.40. The summed E-state index contributed by atoms with van der Waals surface area (Å²) in [5.41, 5.74) is 0.654. The normalized spacial score (nSPS) is 16.5. The number of nitrogens with one attached hydrogen (secondary N) is 1. The predicted molar refractivity (Wildman–Crippen MR) is 81.0 cm³/mol. The minimum atomic E-state index is -3.56. The Kier molecular flexibility index (Phi) is 4.20. The highest BCUT2D eigenvalue weighted by Crippen LogP contribution is 2.38. The van der Waals surface area contributed by atoms with E-state index in [2.05, 4.69) is 15.5 Å². The Morgan fingerprint density at radius 1 is 1.43 bits per heavy atom. The maximum atomic E-state index is 13.9. The second-order valence-electron chi connectivity index (χ2n) is 5.89. The van der Waals surface area contributed by atoms with Crippen LogP contribution in [0.1, 0.15) is 49.0 Å². The van der Waals surface area contributed by atoms with E-state index in [0.717, 1.165) is 19.1 Å². The fourth-order valence-corrected chi connectivity index (χ4v) is 3.01. The monoisotopic (exact) mass is 339 g/mol. The van der Waals surface area contributed by atoms with Crippen molar-refractivity contribution in [2.75, 3.05) is 6.26 Å². The molecule has 0 saturated heterocycles. The summed E-state index contributed by atoms with van der Waals surface area (Å²) < 4.78 is 41.9. The van der Waals surface area contributed by atoms with Crippen molar-refractivity contribution in [1.29, 1.82) is 0 Å². The maximum Gasteiger partial charge on any atom is 0.229 e. The van der Waals surface area contributed by atoms with Crippen LogP contribution in [-0.2, 0) is 16.4 Å². The first-order valence-corrected chi connectivity index (χ1v) is 9.29. The van der Waals surface area contributed by atoms with Crippen molar-refractivity contribution in [3.05, 3.63) is 41.3 Å². The van der Waals surface area contributed by atoms with Gasteiger partial charge in [0.25, 0.3) is 0 Å². The second kappa shape index (κ2) is 6.01. The fraction of sp³-hybridized carbons (Fsp3) is 0.467. The van der Waals surface area contributed by atoms with Gasteiger partial charge in [-0.2, -0.15) is 4.98 Å². The summed E-state index contributed by atoms with van der Waals surface area (Å²) in [6, 6.07) is 3.95. The van der Waals surface area contributed by atoms with Crippen LogP contribution in [0.4, 0.5) is 4.39 Å². The minimum absolute atomic E-state index is 0.180. The average molecular weight is 339 g/mol. The largest absolute Gasteiger partial charge is 0.339 e. The zero-order valence-electron chi connectivity index (χ0n) is 12.9. The molecule has 8 heteroatoms. The lowest BCUT2D eigenvalue weighted by Crippen LogP contribution is -2.19. The SMILES string of the molecule is C[C@@H](NCc1noc(C2CC2)n1)c1ccc(S(C)(=O)=O)c(F)c1. The Balaban J connectivity index is 1.65. The van der Waals surface area contributed by atoms with Crippen LogP contribution in [0.2, 0.25) is 0 Å². The average Bonchev–Trinajstić information content (AvgIpc) is 3.22. The van der Waals surface area contributed by atoms with E-state index < -0.39 is 15.7 Å². The number of halogens is 1. The molecule has 1 aliphatic carbocycles. The Morgan fingerprint density at radius 2 is 2.17 bits per heavy atom. The molecule has 0 radical (unpaired) electrons. The lowest BCUT2D eigenvalue weighted by Gasteiger charge is -2.13. The molecule has 0 unspecified atom stereocenters. The molecule has 6 nitrogen and oxygen atoms in total. The van der Waals surface area contributed by atoms with Gasteiger partial charge in [-0.25, -0.2) is 12.8 Å². The molecule has 1 atom stereocenters. The van der Waals surface area contributed by atoms with Gasteiger partial charge >= 0.3 is 0 Å². The zero-order chi connectivity index (χ0) is 16.6. The molecule has 1 N–H and O–H groups in total. The van der Waals surface area contributed by atoms with Crippen molar-refractivity contribution < 1.29 is 17.3 Å².